The fourth-order valence-corrected chi connectivity index (χ4v) is 1.26. The van der Waals surface area contributed by atoms with Crippen LogP contribution in [-0.4, -0.2) is 29.8 Å². The Morgan fingerprint density at radius 2 is 2.12 bits per heavy atom. The molecule has 1 aromatic carbocycles. The summed E-state index contributed by atoms with van der Waals surface area (Å²) >= 11 is 0. The maximum Gasteiger partial charge on any atom is 0.238 e. The molecule has 0 aliphatic carbocycles. The second-order valence-corrected chi connectivity index (χ2v) is 3.52. The summed E-state index contributed by atoms with van der Waals surface area (Å²) in [7, 11) is 0. The summed E-state index contributed by atoms with van der Waals surface area (Å²) in [6.07, 6.45) is 0.798. The summed E-state index contributed by atoms with van der Waals surface area (Å²) in [5, 5.41) is 9.09. The van der Waals surface area contributed by atoms with Gasteiger partial charge in [0.2, 0.25) is 6.08 Å². The van der Waals surface area contributed by atoms with Crippen molar-refractivity contribution in [3.05, 3.63) is 29.8 Å². The topological polar surface area (TPSA) is 76.0 Å². The highest BCUT2D eigenvalue weighted by molar-refractivity contribution is 5.96. The van der Waals surface area contributed by atoms with E-state index >= 15 is 0 Å². The zero-order chi connectivity index (χ0) is 12.7. The van der Waals surface area contributed by atoms with Crippen molar-refractivity contribution in [3.8, 4) is 5.75 Å². The Kier molecular flexibility index (Phi) is 5.07. The monoisotopic (exact) mass is 235 g/mol. The lowest BCUT2D eigenvalue weighted by Gasteiger charge is -2.05. The number of hydrogen-bond donors (Lipinski definition) is 1. The minimum Gasteiger partial charge on any atom is -0.471 e. The highest BCUT2D eigenvalue weighted by atomic mass is 16.5. The van der Waals surface area contributed by atoms with Crippen LogP contribution in [0.25, 0.3) is 0 Å². The van der Waals surface area contributed by atoms with Gasteiger partial charge in [-0.2, -0.15) is 4.99 Å². The molecule has 0 aliphatic heterocycles. The molecule has 0 saturated heterocycles. The molecule has 1 rings (SSSR count). The van der Waals surface area contributed by atoms with Crippen molar-refractivity contribution in [3.63, 3.8) is 0 Å². The molecule has 0 saturated carbocycles. The van der Waals surface area contributed by atoms with E-state index < -0.39 is 6.10 Å². The molecule has 0 heterocycles. The molecule has 0 bridgehead atoms. The highest BCUT2D eigenvalue weighted by Crippen LogP contribution is 2.14. The van der Waals surface area contributed by atoms with Crippen molar-refractivity contribution in [1.29, 1.82) is 0 Å². The third-order valence-electron chi connectivity index (χ3n) is 2.02. The van der Waals surface area contributed by atoms with Crippen LogP contribution >= 0.6 is 0 Å². The molecule has 0 amide bonds. The fraction of sp³-hybridized carbons (Fsp3) is 0.333. The van der Waals surface area contributed by atoms with Crippen LogP contribution in [0.4, 0.5) is 0 Å². The van der Waals surface area contributed by atoms with Gasteiger partial charge < -0.3 is 9.84 Å². The molecule has 5 nitrogen and oxygen atoms in total. The predicted molar refractivity (Wildman–Crippen MR) is 60.7 cm³/mol. The van der Waals surface area contributed by atoms with E-state index in [9.17, 15) is 9.59 Å². The van der Waals surface area contributed by atoms with E-state index in [-0.39, 0.29) is 18.9 Å². The Labute approximate surface area is 98.7 Å². The van der Waals surface area contributed by atoms with Gasteiger partial charge in [0.05, 0.1) is 6.10 Å². The maximum absolute atomic E-state index is 11.6. The Morgan fingerprint density at radius 3 is 2.65 bits per heavy atom. The fourth-order valence-electron chi connectivity index (χ4n) is 1.26. The van der Waals surface area contributed by atoms with Gasteiger partial charge in [-0.1, -0.05) is 0 Å². The van der Waals surface area contributed by atoms with E-state index in [1.165, 1.54) is 6.08 Å². The lowest BCUT2D eigenvalue weighted by atomic mass is 10.1. The minimum absolute atomic E-state index is 0.0928. The summed E-state index contributed by atoms with van der Waals surface area (Å²) in [6, 6.07) is 6.42. The third kappa shape index (κ3) is 4.59. The third-order valence-corrected chi connectivity index (χ3v) is 2.02. The predicted octanol–water partition coefficient (Wildman–Crippen LogP) is 1.31. The maximum atomic E-state index is 11.6. The van der Waals surface area contributed by atoms with Gasteiger partial charge >= 0.3 is 0 Å². The van der Waals surface area contributed by atoms with Crippen molar-refractivity contribution in [2.75, 3.05) is 6.73 Å². The zero-order valence-electron chi connectivity index (χ0n) is 9.42. The molecular formula is C12H13NO4. The number of ketones is 1. The van der Waals surface area contributed by atoms with Gasteiger partial charge in [0.1, 0.15) is 5.75 Å². The number of carbonyl (C=O) groups is 1. The smallest absolute Gasteiger partial charge is 0.238 e. The van der Waals surface area contributed by atoms with Crippen LogP contribution in [0.15, 0.2) is 29.3 Å². The van der Waals surface area contributed by atoms with Crippen molar-refractivity contribution in [1.82, 2.24) is 0 Å². The van der Waals surface area contributed by atoms with Crippen LogP contribution in [0.1, 0.15) is 23.7 Å². The molecular weight excluding hydrogens is 222 g/mol. The van der Waals surface area contributed by atoms with Crippen molar-refractivity contribution in [2.45, 2.75) is 19.4 Å². The average molecular weight is 235 g/mol. The second kappa shape index (κ2) is 6.58. The van der Waals surface area contributed by atoms with E-state index in [1.54, 1.807) is 31.2 Å². The largest absolute Gasteiger partial charge is 0.471 e. The first-order valence-electron chi connectivity index (χ1n) is 5.11. The summed E-state index contributed by atoms with van der Waals surface area (Å²) in [6.45, 7) is 1.47. The Bertz CT molecular complexity index is 419. The first-order chi connectivity index (χ1) is 8.13. The van der Waals surface area contributed by atoms with E-state index in [4.69, 9.17) is 9.84 Å². The molecule has 0 aromatic heterocycles. The number of Topliss-reactive ketones (excluding diaryl/α,β-unsaturated/α-hetero) is 1. The number of hydrogen-bond acceptors (Lipinski definition) is 5. The van der Waals surface area contributed by atoms with Crippen LogP contribution in [0, 0.1) is 0 Å². The lowest BCUT2D eigenvalue weighted by Crippen LogP contribution is -2.09. The minimum atomic E-state index is -0.652. The van der Waals surface area contributed by atoms with Crippen LogP contribution in [0.2, 0.25) is 0 Å². The van der Waals surface area contributed by atoms with E-state index in [2.05, 4.69) is 4.99 Å². The number of aliphatic hydroxyl groups excluding tert-OH is 1. The molecule has 5 heteroatoms. The standard InChI is InChI=1S/C12H13NO4/c1-9(15)6-12(16)10-2-4-11(5-3-10)17-8-13-7-14/h2-5,9,15H,6,8H2,1H3. The summed E-state index contributed by atoms with van der Waals surface area (Å²) in [4.78, 5) is 24.6. The molecule has 0 aliphatic rings. The Balaban J connectivity index is 2.61. The van der Waals surface area contributed by atoms with Crippen LogP contribution in [-0.2, 0) is 4.79 Å². The van der Waals surface area contributed by atoms with E-state index in [1.807, 2.05) is 0 Å². The molecule has 0 fully saturated rings. The number of aliphatic imine (C=N–C) groups is 1. The second-order valence-electron chi connectivity index (χ2n) is 3.52. The van der Waals surface area contributed by atoms with Gasteiger partial charge in [0.25, 0.3) is 0 Å². The number of nitrogens with zero attached hydrogens (tertiary/aromatic N) is 1. The van der Waals surface area contributed by atoms with Crippen molar-refractivity contribution < 1.29 is 19.4 Å². The summed E-state index contributed by atoms with van der Waals surface area (Å²) in [5.41, 5.74) is 0.511. The molecule has 1 N–H and O–H groups in total. The molecule has 1 aromatic rings. The molecule has 1 unspecified atom stereocenters. The molecule has 1 atom stereocenters. The van der Waals surface area contributed by atoms with Crippen molar-refractivity contribution >= 4 is 11.9 Å². The quantitative estimate of drug-likeness (QED) is 0.458. The average Bonchev–Trinajstić information content (AvgIpc) is 2.29. The van der Waals surface area contributed by atoms with E-state index in [0.29, 0.717) is 11.3 Å². The molecule has 0 radical (unpaired) electrons. The van der Waals surface area contributed by atoms with Crippen LogP contribution in [0.5, 0.6) is 5.75 Å². The number of aliphatic hydroxyl groups is 1. The van der Waals surface area contributed by atoms with E-state index in [0.717, 1.165) is 0 Å². The Hall–Kier alpha value is -1.97. The summed E-state index contributed by atoms with van der Waals surface area (Å²) in [5.74, 6) is 0.384. The Morgan fingerprint density at radius 1 is 1.47 bits per heavy atom. The van der Waals surface area contributed by atoms with Crippen LogP contribution < -0.4 is 4.74 Å². The van der Waals surface area contributed by atoms with Gasteiger partial charge in [0.15, 0.2) is 12.5 Å². The normalized spacial score (nSPS) is 11.4. The van der Waals surface area contributed by atoms with Gasteiger partial charge in [-0.05, 0) is 31.2 Å². The number of rotatable bonds is 6. The SMILES string of the molecule is CC(O)CC(=O)c1ccc(OCN=C=O)cc1. The first-order valence-corrected chi connectivity index (χ1v) is 5.11. The zero-order valence-corrected chi connectivity index (χ0v) is 9.42. The molecule has 0 spiro atoms. The lowest BCUT2D eigenvalue weighted by molar-refractivity contribution is 0.0901. The number of ether oxygens (including phenoxy) is 1. The molecule has 17 heavy (non-hydrogen) atoms. The van der Waals surface area contributed by atoms with Gasteiger partial charge in [-0.3, -0.25) is 4.79 Å². The highest BCUT2D eigenvalue weighted by Gasteiger charge is 2.08. The number of benzene rings is 1. The van der Waals surface area contributed by atoms with Crippen LogP contribution in [0.3, 0.4) is 0 Å². The van der Waals surface area contributed by atoms with Gasteiger partial charge in [0, 0.05) is 12.0 Å². The molecule has 90 valence electrons. The van der Waals surface area contributed by atoms with Gasteiger partial charge in [-0.15, -0.1) is 0 Å². The number of isocyanates is 1. The van der Waals surface area contributed by atoms with Gasteiger partial charge in [-0.25, -0.2) is 4.79 Å². The van der Waals surface area contributed by atoms with Crippen molar-refractivity contribution in [2.24, 2.45) is 4.99 Å². The summed E-state index contributed by atoms with van der Waals surface area (Å²) < 4.78 is 5.07. The first kappa shape index (κ1) is 13.1. The number of carbonyl (C=O) groups excluding carboxylic acids is 2.